The Morgan fingerprint density at radius 3 is 2.78 bits per heavy atom. The molecule has 2 aromatic rings. The van der Waals surface area contributed by atoms with E-state index in [0.29, 0.717) is 6.04 Å². The molecule has 0 bridgehead atoms. The summed E-state index contributed by atoms with van der Waals surface area (Å²) in [6.45, 7) is 7.10. The van der Waals surface area contributed by atoms with Crippen molar-refractivity contribution in [3.8, 4) is 10.7 Å². The van der Waals surface area contributed by atoms with Crippen LogP contribution in [0.3, 0.4) is 0 Å². The van der Waals surface area contributed by atoms with E-state index in [9.17, 15) is 0 Å². The highest BCUT2D eigenvalue weighted by Crippen LogP contribution is 2.29. The van der Waals surface area contributed by atoms with Crippen LogP contribution >= 0.6 is 27.3 Å². The van der Waals surface area contributed by atoms with E-state index in [4.69, 9.17) is 0 Å². The largest absolute Gasteiger partial charge is 0.309 e. The molecule has 3 nitrogen and oxygen atoms in total. The van der Waals surface area contributed by atoms with Gasteiger partial charge in [0.15, 0.2) is 5.82 Å². The van der Waals surface area contributed by atoms with Crippen LogP contribution in [0, 0.1) is 6.92 Å². The first-order valence-corrected chi connectivity index (χ1v) is 7.49. The van der Waals surface area contributed by atoms with Gasteiger partial charge in [0.1, 0.15) is 0 Å². The molecule has 0 aromatic carbocycles. The average molecular weight is 326 g/mol. The molecule has 0 fully saturated rings. The second-order valence-electron chi connectivity index (χ2n) is 4.46. The lowest BCUT2D eigenvalue weighted by Crippen LogP contribution is -2.23. The normalized spacial score (nSPS) is 11.2. The predicted molar refractivity (Wildman–Crippen MR) is 79.8 cm³/mol. The van der Waals surface area contributed by atoms with Crippen molar-refractivity contribution in [3.05, 3.63) is 33.4 Å². The van der Waals surface area contributed by atoms with Gasteiger partial charge in [0.2, 0.25) is 0 Å². The van der Waals surface area contributed by atoms with Crippen LogP contribution in [-0.4, -0.2) is 16.0 Å². The van der Waals surface area contributed by atoms with Crippen molar-refractivity contribution in [3.63, 3.8) is 0 Å². The van der Waals surface area contributed by atoms with Crippen LogP contribution in [0.4, 0.5) is 0 Å². The van der Waals surface area contributed by atoms with Crippen LogP contribution in [0.15, 0.2) is 22.1 Å². The first-order chi connectivity index (χ1) is 8.56. The lowest BCUT2D eigenvalue weighted by atomic mass is 10.2. The molecule has 2 heterocycles. The van der Waals surface area contributed by atoms with Crippen molar-refractivity contribution in [2.24, 2.45) is 0 Å². The number of nitrogens with one attached hydrogen (secondary N) is 1. The highest BCUT2D eigenvalue weighted by molar-refractivity contribution is 9.11. The molecule has 1 N–H and O–H groups in total. The standard InChI is InChI=1S/C13H16BrN3S/c1-8(2)15-7-10-9(3)6-16-13(17-10)11-4-5-12(14)18-11/h4-6,8,15H,7H2,1-3H3. The number of aromatic nitrogens is 2. The smallest absolute Gasteiger partial charge is 0.169 e. The SMILES string of the molecule is Cc1cnc(-c2ccc(Br)s2)nc1CNC(C)C. The van der Waals surface area contributed by atoms with Crippen LogP contribution in [-0.2, 0) is 6.54 Å². The first kappa shape index (κ1) is 13.6. The van der Waals surface area contributed by atoms with Gasteiger partial charge in [-0.1, -0.05) is 13.8 Å². The van der Waals surface area contributed by atoms with E-state index in [0.717, 1.165) is 32.3 Å². The molecule has 18 heavy (non-hydrogen) atoms. The molecule has 0 unspecified atom stereocenters. The molecule has 0 atom stereocenters. The number of rotatable bonds is 4. The number of aryl methyl sites for hydroxylation is 1. The number of thiophene rings is 1. The van der Waals surface area contributed by atoms with Gasteiger partial charge < -0.3 is 5.32 Å². The summed E-state index contributed by atoms with van der Waals surface area (Å²) in [5.74, 6) is 0.803. The molecule has 0 radical (unpaired) electrons. The molecule has 0 aliphatic rings. The molecule has 0 saturated heterocycles. The Balaban J connectivity index is 2.25. The zero-order chi connectivity index (χ0) is 13.1. The number of nitrogens with zero attached hydrogens (tertiary/aromatic N) is 2. The fourth-order valence-corrected chi connectivity index (χ4v) is 2.84. The van der Waals surface area contributed by atoms with Gasteiger partial charge in [-0.3, -0.25) is 0 Å². The summed E-state index contributed by atoms with van der Waals surface area (Å²) in [5, 5.41) is 3.39. The van der Waals surface area contributed by atoms with Crippen molar-refractivity contribution in [2.45, 2.75) is 33.4 Å². The monoisotopic (exact) mass is 325 g/mol. The minimum atomic E-state index is 0.457. The molecule has 96 valence electrons. The molecule has 2 rings (SSSR count). The molecule has 0 saturated carbocycles. The van der Waals surface area contributed by atoms with Gasteiger partial charge in [0, 0.05) is 18.8 Å². The molecule has 5 heteroatoms. The number of hydrogen-bond acceptors (Lipinski definition) is 4. The van der Waals surface area contributed by atoms with Crippen LogP contribution in [0.2, 0.25) is 0 Å². The maximum Gasteiger partial charge on any atom is 0.169 e. The maximum absolute atomic E-state index is 4.64. The quantitative estimate of drug-likeness (QED) is 0.929. The van der Waals surface area contributed by atoms with E-state index in [1.54, 1.807) is 11.3 Å². The summed E-state index contributed by atoms with van der Waals surface area (Å²) >= 11 is 5.11. The lowest BCUT2D eigenvalue weighted by Gasteiger charge is -2.10. The van der Waals surface area contributed by atoms with E-state index < -0.39 is 0 Å². The predicted octanol–water partition coefficient (Wildman–Crippen LogP) is 3.77. The van der Waals surface area contributed by atoms with E-state index in [-0.39, 0.29) is 0 Å². The van der Waals surface area contributed by atoms with E-state index in [2.05, 4.69) is 45.1 Å². The van der Waals surface area contributed by atoms with Gasteiger partial charge in [-0.2, -0.15) is 0 Å². The molecule has 0 spiro atoms. The summed E-state index contributed by atoms with van der Waals surface area (Å²) < 4.78 is 1.10. The molecule has 2 aromatic heterocycles. The van der Waals surface area contributed by atoms with Gasteiger partial charge in [0.25, 0.3) is 0 Å². The van der Waals surface area contributed by atoms with Gasteiger partial charge in [-0.15, -0.1) is 11.3 Å². The van der Waals surface area contributed by atoms with E-state index >= 15 is 0 Å². The Labute approximate surface area is 120 Å². The fraction of sp³-hybridized carbons (Fsp3) is 0.385. The van der Waals surface area contributed by atoms with Crippen molar-refractivity contribution in [1.29, 1.82) is 0 Å². The average Bonchev–Trinajstić information content (AvgIpc) is 2.74. The third kappa shape index (κ3) is 3.37. The second-order valence-corrected chi connectivity index (χ2v) is 6.93. The second kappa shape index (κ2) is 5.91. The van der Waals surface area contributed by atoms with Crippen molar-refractivity contribution in [1.82, 2.24) is 15.3 Å². The van der Waals surface area contributed by atoms with Crippen molar-refractivity contribution in [2.75, 3.05) is 0 Å². The summed E-state index contributed by atoms with van der Waals surface area (Å²) in [7, 11) is 0. The van der Waals surface area contributed by atoms with Crippen LogP contribution < -0.4 is 5.32 Å². The highest BCUT2D eigenvalue weighted by Gasteiger charge is 2.08. The number of hydrogen-bond donors (Lipinski definition) is 1. The molecule has 0 aliphatic heterocycles. The molecule has 0 amide bonds. The number of halogens is 1. The Bertz CT molecular complexity index is 537. The van der Waals surface area contributed by atoms with E-state index in [1.807, 2.05) is 25.3 Å². The van der Waals surface area contributed by atoms with Gasteiger partial charge in [-0.25, -0.2) is 9.97 Å². The Morgan fingerprint density at radius 1 is 1.39 bits per heavy atom. The fourth-order valence-electron chi connectivity index (χ4n) is 1.51. The molecule has 0 aliphatic carbocycles. The maximum atomic E-state index is 4.64. The Morgan fingerprint density at radius 2 is 2.17 bits per heavy atom. The minimum Gasteiger partial charge on any atom is -0.309 e. The molecular weight excluding hydrogens is 310 g/mol. The summed E-state index contributed by atoms with van der Waals surface area (Å²) in [6, 6.07) is 4.52. The zero-order valence-corrected chi connectivity index (χ0v) is 13.1. The Hall–Kier alpha value is -0.780. The third-order valence-electron chi connectivity index (χ3n) is 2.55. The van der Waals surface area contributed by atoms with Crippen LogP contribution in [0.5, 0.6) is 0 Å². The highest BCUT2D eigenvalue weighted by atomic mass is 79.9. The van der Waals surface area contributed by atoms with Crippen LogP contribution in [0.1, 0.15) is 25.1 Å². The first-order valence-electron chi connectivity index (χ1n) is 5.88. The van der Waals surface area contributed by atoms with Crippen molar-refractivity contribution < 1.29 is 0 Å². The van der Waals surface area contributed by atoms with E-state index in [1.165, 1.54) is 0 Å². The summed E-state index contributed by atoms with van der Waals surface area (Å²) in [6.07, 6.45) is 1.90. The summed E-state index contributed by atoms with van der Waals surface area (Å²) in [5.41, 5.74) is 2.20. The minimum absolute atomic E-state index is 0.457. The zero-order valence-electron chi connectivity index (χ0n) is 10.7. The van der Waals surface area contributed by atoms with Crippen LogP contribution in [0.25, 0.3) is 10.7 Å². The molecular formula is C13H16BrN3S. The van der Waals surface area contributed by atoms with Gasteiger partial charge in [0.05, 0.1) is 14.4 Å². The third-order valence-corrected chi connectivity index (χ3v) is 4.17. The van der Waals surface area contributed by atoms with Gasteiger partial charge >= 0.3 is 0 Å². The summed E-state index contributed by atoms with van der Waals surface area (Å²) in [4.78, 5) is 10.1. The topological polar surface area (TPSA) is 37.8 Å². The van der Waals surface area contributed by atoms with Crippen molar-refractivity contribution >= 4 is 27.3 Å². The Kier molecular flexibility index (Phi) is 4.48. The lowest BCUT2D eigenvalue weighted by molar-refractivity contribution is 0.579. The van der Waals surface area contributed by atoms with Gasteiger partial charge in [-0.05, 0) is 40.5 Å².